The minimum absolute atomic E-state index is 0.0622. The lowest BCUT2D eigenvalue weighted by molar-refractivity contribution is -0.141. The quantitative estimate of drug-likeness (QED) is 0.636. The number of hydrogen-bond acceptors (Lipinski definition) is 3. The maximum absolute atomic E-state index is 13.3. The molecule has 0 aliphatic rings. The summed E-state index contributed by atoms with van der Waals surface area (Å²) in [6, 6.07) is 15.1. The fourth-order valence-electron chi connectivity index (χ4n) is 3.31. The van der Waals surface area contributed by atoms with E-state index in [1.807, 2.05) is 76.2 Å². The highest BCUT2D eigenvalue weighted by Crippen LogP contribution is 2.18. The van der Waals surface area contributed by atoms with E-state index in [1.165, 1.54) is 0 Å². The molecule has 0 bridgehead atoms. The predicted octanol–water partition coefficient (Wildman–Crippen LogP) is 4.27. The fourth-order valence-corrected chi connectivity index (χ4v) is 3.31. The number of rotatable bonds is 10. The Bertz CT molecular complexity index is 833. The van der Waals surface area contributed by atoms with Gasteiger partial charge in [-0.1, -0.05) is 55.8 Å². The average molecular weight is 411 g/mol. The van der Waals surface area contributed by atoms with Gasteiger partial charge in [-0.15, -0.1) is 0 Å². The van der Waals surface area contributed by atoms with Crippen molar-refractivity contribution in [2.45, 2.75) is 65.6 Å². The van der Waals surface area contributed by atoms with E-state index in [-0.39, 0.29) is 24.3 Å². The highest BCUT2D eigenvalue weighted by atomic mass is 16.5. The molecule has 0 radical (unpaired) electrons. The Labute approximate surface area is 180 Å². The zero-order chi connectivity index (χ0) is 22.1. The van der Waals surface area contributed by atoms with E-state index >= 15 is 0 Å². The van der Waals surface area contributed by atoms with Gasteiger partial charge < -0.3 is 15.0 Å². The van der Waals surface area contributed by atoms with Crippen LogP contribution in [0.5, 0.6) is 5.75 Å². The standard InChI is InChI=1S/C25H34N2O3/c1-6-19(4)26-25(29)23(7-2)27(17-21-9-8-10-22(15-21)30-5)24(28)16-20-13-11-18(3)12-14-20/h8-15,19,23H,6-7,16-17H2,1-5H3,(H,26,29)/t19-,23+/m1/s1. The van der Waals surface area contributed by atoms with Crippen molar-refractivity contribution in [3.63, 3.8) is 0 Å². The molecule has 2 aromatic rings. The van der Waals surface area contributed by atoms with Crippen LogP contribution in [0.3, 0.4) is 0 Å². The van der Waals surface area contributed by atoms with Gasteiger partial charge in [0.15, 0.2) is 0 Å². The monoisotopic (exact) mass is 410 g/mol. The van der Waals surface area contributed by atoms with E-state index in [9.17, 15) is 9.59 Å². The van der Waals surface area contributed by atoms with Crippen LogP contribution in [0.4, 0.5) is 0 Å². The second-order valence-corrected chi connectivity index (χ2v) is 7.78. The van der Waals surface area contributed by atoms with Crippen LogP contribution in [0.15, 0.2) is 48.5 Å². The van der Waals surface area contributed by atoms with Gasteiger partial charge in [0.05, 0.1) is 13.5 Å². The molecule has 2 amide bonds. The molecule has 0 saturated carbocycles. The number of carbonyl (C=O) groups excluding carboxylic acids is 2. The van der Waals surface area contributed by atoms with E-state index in [4.69, 9.17) is 4.74 Å². The molecule has 0 fully saturated rings. The van der Waals surface area contributed by atoms with Crippen molar-refractivity contribution in [1.82, 2.24) is 10.2 Å². The second-order valence-electron chi connectivity index (χ2n) is 7.78. The third-order valence-electron chi connectivity index (χ3n) is 5.35. The number of methoxy groups -OCH3 is 1. The number of carbonyl (C=O) groups is 2. The van der Waals surface area contributed by atoms with E-state index in [2.05, 4.69) is 5.32 Å². The molecule has 2 rings (SSSR count). The van der Waals surface area contributed by atoms with E-state index < -0.39 is 6.04 Å². The average Bonchev–Trinajstić information content (AvgIpc) is 2.75. The molecule has 30 heavy (non-hydrogen) atoms. The molecule has 2 aromatic carbocycles. The molecule has 0 unspecified atom stereocenters. The van der Waals surface area contributed by atoms with Gasteiger partial charge in [0.1, 0.15) is 11.8 Å². The third kappa shape index (κ3) is 6.61. The number of hydrogen-bond donors (Lipinski definition) is 1. The van der Waals surface area contributed by atoms with Crippen LogP contribution in [0.25, 0.3) is 0 Å². The van der Waals surface area contributed by atoms with Crippen LogP contribution >= 0.6 is 0 Å². The minimum atomic E-state index is -0.525. The topological polar surface area (TPSA) is 58.6 Å². The molecule has 5 heteroatoms. The lowest BCUT2D eigenvalue weighted by Gasteiger charge is -2.31. The summed E-state index contributed by atoms with van der Waals surface area (Å²) in [5.74, 6) is 0.565. The first-order chi connectivity index (χ1) is 14.4. The van der Waals surface area contributed by atoms with Crippen LogP contribution in [-0.4, -0.2) is 35.9 Å². The number of ether oxygens (including phenoxy) is 1. The Morgan fingerprint density at radius 3 is 2.33 bits per heavy atom. The Balaban J connectivity index is 2.30. The van der Waals surface area contributed by atoms with Gasteiger partial charge in [-0.25, -0.2) is 0 Å². The van der Waals surface area contributed by atoms with Crippen molar-refractivity contribution in [2.24, 2.45) is 0 Å². The number of nitrogens with zero attached hydrogens (tertiary/aromatic N) is 1. The van der Waals surface area contributed by atoms with Gasteiger partial charge in [0.25, 0.3) is 0 Å². The summed E-state index contributed by atoms with van der Waals surface area (Å²) >= 11 is 0. The Hall–Kier alpha value is -2.82. The molecule has 0 heterocycles. The van der Waals surface area contributed by atoms with E-state index in [0.29, 0.717) is 13.0 Å². The molecule has 0 spiro atoms. The van der Waals surface area contributed by atoms with Crippen molar-refractivity contribution in [2.75, 3.05) is 7.11 Å². The minimum Gasteiger partial charge on any atom is -0.497 e. The van der Waals surface area contributed by atoms with Crippen molar-refractivity contribution in [3.05, 3.63) is 65.2 Å². The van der Waals surface area contributed by atoms with Crippen molar-refractivity contribution < 1.29 is 14.3 Å². The van der Waals surface area contributed by atoms with Gasteiger partial charge in [0.2, 0.25) is 11.8 Å². The van der Waals surface area contributed by atoms with Gasteiger partial charge in [0, 0.05) is 12.6 Å². The largest absolute Gasteiger partial charge is 0.497 e. The predicted molar refractivity (Wildman–Crippen MR) is 120 cm³/mol. The Morgan fingerprint density at radius 1 is 1.03 bits per heavy atom. The molecular formula is C25H34N2O3. The summed E-state index contributed by atoms with van der Waals surface area (Å²) in [7, 11) is 1.62. The highest BCUT2D eigenvalue weighted by molar-refractivity contribution is 5.88. The molecule has 0 aliphatic heterocycles. The zero-order valence-corrected chi connectivity index (χ0v) is 18.8. The maximum atomic E-state index is 13.3. The molecule has 162 valence electrons. The summed E-state index contributed by atoms with van der Waals surface area (Å²) in [5.41, 5.74) is 3.03. The molecule has 1 N–H and O–H groups in total. The molecule has 0 aromatic heterocycles. The van der Waals surface area contributed by atoms with Gasteiger partial charge >= 0.3 is 0 Å². The Morgan fingerprint density at radius 2 is 1.73 bits per heavy atom. The molecular weight excluding hydrogens is 376 g/mol. The van der Waals surface area contributed by atoms with Crippen molar-refractivity contribution in [3.8, 4) is 5.75 Å². The molecule has 5 nitrogen and oxygen atoms in total. The lowest BCUT2D eigenvalue weighted by atomic mass is 10.1. The molecule has 0 aliphatic carbocycles. The van der Waals surface area contributed by atoms with E-state index in [1.54, 1.807) is 12.0 Å². The van der Waals surface area contributed by atoms with Gasteiger partial charge in [-0.05, 0) is 49.9 Å². The highest BCUT2D eigenvalue weighted by Gasteiger charge is 2.29. The molecule has 2 atom stereocenters. The first kappa shape index (κ1) is 23.5. The normalized spacial score (nSPS) is 12.7. The molecule has 0 saturated heterocycles. The number of benzene rings is 2. The Kier molecular flexibility index (Phi) is 8.90. The second kappa shape index (κ2) is 11.4. The van der Waals surface area contributed by atoms with Crippen molar-refractivity contribution >= 4 is 11.8 Å². The first-order valence-corrected chi connectivity index (χ1v) is 10.7. The summed E-state index contributed by atoms with van der Waals surface area (Å²) in [5, 5.41) is 3.04. The number of aryl methyl sites for hydroxylation is 1. The van der Waals surface area contributed by atoms with Crippen LogP contribution < -0.4 is 10.1 Å². The van der Waals surface area contributed by atoms with Gasteiger partial charge in [-0.2, -0.15) is 0 Å². The van der Waals surface area contributed by atoms with Crippen LogP contribution in [0, 0.1) is 6.92 Å². The van der Waals surface area contributed by atoms with E-state index in [0.717, 1.165) is 28.9 Å². The van der Waals surface area contributed by atoms with Crippen molar-refractivity contribution in [1.29, 1.82) is 0 Å². The summed E-state index contributed by atoms with van der Waals surface area (Å²) in [4.78, 5) is 28.0. The summed E-state index contributed by atoms with van der Waals surface area (Å²) < 4.78 is 5.32. The lowest BCUT2D eigenvalue weighted by Crippen LogP contribution is -2.51. The summed E-state index contributed by atoms with van der Waals surface area (Å²) in [6.07, 6.45) is 1.65. The van der Waals surface area contributed by atoms with Crippen LogP contribution in [-0.2, 0) is 22.6 Å². The van der Waals surface area contributed by atoms with Gasteiger partial charge in [-0.3, -0.25) is 9.59 Å². The fraction of sp³-hybridized carbons (Fsp3) is 0.440. The third-order valence-corrected chi connectivity index (χ3v) is 5.35. The van der Waals surface area contributed by atoms with Crippen LogP contribution in [0.2, 0.25) is 0 Å². The SMILES string of the molecule is CC[C@@H](C)NC(=O)[C@H](CC)N(Cc1cccc(OC)c1)C(=O)Cc1ccc(C)cc1. The number of amides is 2. The van der Waals surface area contributed by atoms with Crippen LogP contribution in [0.1, 0.15) is 50.3 Å². The zero-order valence-electron chi connectivity index (χ0n) is 18.8. The smallest absolute Gasteiger partial charge is 0.243 e. The number of nitrogens with one attached hydrogen (secondary N) is 1. The first-order valence-electron chi connectivity index (χ1n) is 10.7. The summed E-state index contributed by atoms with van der Waals surface area (Å²) in [6.45, 7) is 8.33. The maximum Gasteiger partial charge on any atom is 0.243 e.